The van der Waals surface area contributed by atoms with Crippen molar-refractivity contribution in [2.75, 3.05) is 4.90 Å². The van der Waals surface area contributed by atoms with E-state index in [2.05, 4.69) is 12.1 Å². The Labute approximate surface area is 197 Å². The second kappa shape index (κ2) is 9.08. The van der Waals surface area contributed by atoms with Crippen molar-refractivity contribution < 1.29 is 14.7 Å². The molecule has 1 aliphatic heterocycles. The van der Waals surface area contributed by atoms with E-state index >= 15 is 0 Å². The summed E-state index contributed by atoms with van der Waals surface area (Å²) in [4.78, 5) is 31.5. The van der Waals surface area contributed by atoms with E-state index in [4.69, 9.17) is 4.99 Å². The Hall–Kier alpha value is -3.64. The first-order valence-electron chi connectivity index (χ1n) is 10.5. The molecule has 0 bridgehead atoms. The predicted octanol–water partition coefficient (Wildman–Crippen LogP) is 5.09. The fourth-order valence-electron chi connectivity index (χ4n) is 3.85. The Bertz CT molecular complexity index is 1280. The van der Waals surface area contributed by atoms with Gasteiger partial charge in [-0.05, 0) is 103 Å². The van der Waals surface area contributed by atoms with Crippen molar-refractivity contribution in [1.29, 1.82) is 0 Å². The highest BCUT2D eigenvalue weighted by atomic mass is 32.2. The summed E-state index contributed by atoms with van der Waals surface area (Å²) in [5.74, 6) is -1.40. The normalized spacial score (nSPS) is 16.1. The van der Waals surface area contributed by atoms with E-state index in [1.165, 1.54) is 23.9 Å². The summed E-state index contributed by atoms with van der Waals surface area (Å²) in [5.41, 5.74) is 6.70. The first kappa shape index (κ1) is 22.6. The number of aromatic carboxylic acids is 1. The topological polar surface area (TPSA) is 72.8 Å². The number of rotatable bonds is 4. The third-order valence-corrected chi connectivity index (χ3v) is 6.12. The zero-order chi connectivity index (χ0) is 23.7. The average molecular weight is 456 g/mol. The summed E-state index contributed by atoms with van der Waals surface area (Å²) in [6.45, 7) is 8.04. The number of benzene rings is 3. The largest absolute Gasteiger partial charge is 0.545 e. The van der Waals surface area contributed by atoms with E-state index in [9.17, 15) is 14.7 Å². The van der Waals surface area contributed by atoms with Crippen LogP contribution in [0.2, 0.25) is 0 Å². The number of carbonyl (C=O) groups is 2. The van der Waals surface area contributed by atoms with E-state index in [0.29, 0.717) is 10.1 Å². The van der Waals surface area contributed by atoms with Crippen molar-refractivity contribution >= 4 is 46.3 Å². The van der Waals surface area contributed by atoms with Crippen LogP contribution >= 0.6 is 11.8 Å². The highest BCUT2D eigenvalue weighted by molar-refractivity contribution is 8.19. The summed E-state index contributed by atoms with van der Waals surface area (Å²) in [6.07, 6.45) is 1.76. The van der Waals surface area contributed by atoms with Gasteiger partial charge in [-0.25, -0.2) is 4.99 Å². The Morgan fingerprint density at radius 3 is 1.97 bits per heavy atom. The van der Waals surface area contributed by atoms with Gasteiger partial charge < -0.3 is 9.90 Å². The van der Waals surface area contributed by atoms with Crippen molar-refractivity contribution in [3.05, 3.63) is 98.9 Å². The van der Waals surface area contributed by atoms with E-state index in [-0.39, 0.29) is 11.5 Å². The number of anilines is 1. The maximum absolute atomic E-state index is 13.5. The molecule has 0 spiro atoms. The lowest BCUT2D eigenvalue weighted by Crippen LogP contribution is -2.28. The Kier molecular flexibility index (Phi) is 6.20. The van der Waals surface area contributed by atoms with Gasteiger partial charge in [-0.15, -0.1) is 0 Å². The lowest BCUT2D eigenvalue weighted by molar-refractivity contribution is -0.255. The minimum absolute atomic E-state index is 0.0940. The van der Waals surface area contributed by atoms with Gasteiger partial charge in [-0.1, -0.05) is 36.4 Å². The van der Waals surface area contributed by atoms with Crippen LogP contribution in [0.4, 0.5) is 11.4 Å². The Morgan fingerprint density at radius 1 is 0.879 bits per heavy atom. The molecule has 1 aliphatic rings. The predicted molar refractivity (Wildman–Crippen MR) is 133 cm³/mol. The fourth-order valence-corrected chi connectivity index (χ4v) is 4.85. The standard InChI is InChI=1S/C27H24N2O3S/c1-16-9-17(2)12-22(11-16)28-27-29(23-13-18(3)10-19(4)14-23)25(30)24(33-27)15-20-5-7-21(8-6-20)26(31)32/h5-15H,1-4H3,(H,31,32)/p-1/b24-15-,28-27?. The molecule has 33 heavy (non-hydrogen) atoms. The Morgan fingerprint density at radius 2 is 1.42 bits per heavy atom. The van der Waals surface area contributed by atoms with Crippen LogP contribution in [-0.2, 0) is 4.79 Å². The summed E-state index contributed by atoms with van der Waals surface area (Å²) >= 11 is 1.30. The molecule has 166 valence electrons. The van der Waals surface area contributed by atoms with Gasteiger partial charge >= 0.3 is 0 Å². The number of amides is 1. The molecule has 0 aliphatic carbocycles. The van der Waals surface area contributed by atoms with Crippen LogP contribution in [0, 0.1) is 27.7 Å². The van der Waals surface area contributed by atoms with Gasteiger partial charge in [0.05, 0.1) is 22.2 Å². The van der Waals surface area contributed by atoms with Crippen LogP contribution < -0.4 is 10.0 Å². The molecule has 5 nitrogen and oxygen atoms in total. The third kappa shape index (κ3) is 5.07. The second-order valence-corrected chi connectivity index (χ2v) is 9.26. The zero-order valence-corrected chi connectivity index (χ0v) is 19.7. The summed E-state index contributed by atoms with van der Waals surface area (Å²) < 4.78 is 0. The minimum atomic E-state index is -1.23. The van der Waals surface area contributed by atoms with Crippen LogP contribution in [0.15, 0.2) is 70.6 Å². The van der Waals surface area contributed by atoms with Gasteiger partial charge in [0.1, 0.15) is 0 Å². The molecule has 1 fully saturated rings. The lowest BCUT2D eigenvalue weighted by Gasteiger charge is -2.17. The number of aliphatic imine (C=N–C) groups is 1. The molecule has 0 saturated carbocycles. The van der Waals surface area contributed by atoms with E-state index in [0.717, 1.165) is 39.2 Å². The number of hydrogen-bond donors (Lipinski definition) is 0. The number of hydrogen-bond acceptors (Lipinski definition) is 5. The fraction of sp³-hybridized carbons (Fsp3) is 0.148. The van der Waals surface area contributed by atoms with Crippen LogP contribution in [0.1, 0.15) is 38.2 Å². The number of thioether (sulfide) groups is 1. The van der Waals surface area contributed by atoms with Gasteiger partial charge in [-0.3, -0.25) is 9.69 Å². The monoisotopic (exact) mass is 455 g/mol. The maximum Gasteiger partial charge on any atom is 0.271 e. The molecule has 3 aromatic rings. The van der Waals surface area contributed by atoms with E-state index in [1.54, 1.807) is 23.1 Å². The lowest BCUT2D eigenvalue weighted by atomic mass is 10.1. The molecule has 1 saturated heterocycles. The highest BCUT2D eigenvalue weighted by Crippen LogP contribution is 2.38. The van der Waals surface area contributed by atoms with Gasteiger partial charge in [0, 0.05) is 0 Å². The van der Waals surface area contributed by atoms with Gasteiger partial charge in [0.25, 0.3) is 5.91 Å². The van der Waals surface area contributed by atoms with Gasteiger partial charge in [0.2, 0.25) is 0 Å². The molecular weight excluding hydrogens is 432 g/mol. The smallest absolute Gasteiger partial charge is 0.271 e. The van der Waals surface area contributed by atoms with E-state index in [1.807, 2.05) is 52.0 Å². The van der Waals surface area contributed by atoms with Crippen molar-refractivity contribution in [1.82, 2.24) is 0 Å². The number of amidine groups is 1. The number of carboxylic acid groups (broad SMARTS) is 1. The van der Waals surface area contributed by atoms with Crippen LogP contribution in [0.5, 0.6) is 0 Å². The molecule has 1 amide bonds. The molecule has 0 atom stereocenters. The maximum atomic E-state index is 13.5. The van der Waals surface area contributed by atoms with Crippen molar-refractivity contribution in [3.8, 4) is 0 Å². The van der Waals surface area contributed by atoms with Crippen molar-refractivity contribution in [2.45, 2.75) is 27.7 Å². The average Bonchev–Trinajstić information content (AvgIpc) is 3.01. The molecule has 1 heterocycles. The SMILES string of the molecule is Cc1cc(C)cc(N=C2S/C(=C\c3ccc(C(=O)[O-])cc3)C(=O)N2c2cc(C)cc(C)c2)c1. The van der Waals surface area contributed by atoms with Crippen molar-refractivity contribution in [3.63, 3.8) is 0 Å². The number of carbonyl (C=O) groups excluding carboxylic acids is 2. The molecule has 0 aromatic heterocycles. The molecule has 4 rings (SSSR count). The Balaban J connectivity index is 1.79. The minimum Gasteiger partial charge on any atom is -0.545 e. The molecule has 0 radical (unpaired) electrons. The first-order valence-corrected chi connectivity index (χ1v) is 11.3. The van der Waals surface area contributed by atoms with Gasteiger partial charge in [-0.2, -0.15) is 0 Å². The summed E-state index contributed by atoms with van der Waals surface area (Å²) in [6, 6.07) is 18.3. The van der Waals surface area contributed by atoms with Crippen molar-refractivity contribution in [2.24, 2.45) is 4.99 Å². The third-order valence-electron chi connectivity index (χ3n) is 5.15. The summed E-state index contributed by atoms with van der Waals surface area (Å²) in [7, 11) is 0. The summed E-state index contributed by atoms with van der Waals surface area (Å²) in [5, 5.41) is 11.6. The number of carboxylic acids is 1. The zero-order valence-electron chi connectivity index (χ0n) is 18.9. The van der Waals surface area contributed by atoms with Crippen LogP contribution in [-0.4, -0.2) is 17.0 Å². The molecule has 0 unspecified atom stereocenters. The van der Waals surface area contributed by atoms with Crippen LogP contribution in [0.25, 0.3) is 6.08 Å². The molecule has 6 heteroatoms. The molecule has 0 N–H and O–H groups in total. The van der Waals surface area contributed by atoms with Crippen LogP contribution in [0.3, 0.4) is 0 Å². The first-order chi connectivity index (χ1) is 15.7. The highest BCUT2D eigenvalue weighted by Gasteiger charge is 2.35. The second-order valence-electron chi connectivity index (χ2n) is 8.25. The number of nitrogens with zero attached hydrogens (tertiary/aromatic N) is 2. The molecular formula is C27H23N2O3S-. The van der Waals surface area contributed by atoms with Gasteiger partial charge in [0.15, 0.2) is 5.17 Å². The number of aryl methyl sites for hydroxylation is 4. The quantitative estimate of drug-likeness (QED) is 0.514. The van der Waals surface area contributed by atoms with E-state index < -0.39 is 5.97 Å². The molecule has 3 aromatic carbocycles.